The highest BCUT2D eigenvalue weighted by Gasteiger charge is 2.45. The van der Waals surface area contributed by atoms with Crippen LogP contribution < -0.4 is 92.5 Å². The molecule has 3 aliphatic heterocycles. The number of benzene rings is 1. The van der Waals surface area contributed by atoms with E-state index >= 15 is 0 Å². The number of aliphatic hydroxyl groups excluding tert-OH is 2. The van der Waals surface area contributed by atoms with E-state index in [2.05, 4.69) is 104 Å². The number of nitrogens with zero attached hydrogens (tertiary/aromatic N) is 5. The summed E-state index contributed by atoms with van der Waals surface area (Å²) in [5.74, 6) is -21.3. The highest BCUT2D eigenvalue weighted by Crippen LogP contribution is 2.24. The fourth-order valence-electron chi connectivity index (χ4n) is 13.6. The van der Waals surface area contributed by atoms with Crippen molar-refractivity contribution in [2.24, 2.45) is 39.6 Å². The van der Waals surface area contributed by atoms with E-state index in [0.29, 0.717) is 18.4 Å². The number of imidazole rings is 1. The number of nitrogens with one attached hydrogen (secondary N) is 13. The van der Waals surface area contributed by atoms with Crippen LogP contribution in [0.25, 0.3) is 0 Å². The maximum atomic E-state index is 14.6. The molecule has 17 unspecified atom stereocenters. The molecule has 700 valence electrons. The largest absolute Gasteiger partial charge is 0.508 e. The average molecular weight is 1820 g/mol. The number of aliphatic carboxylic acids is 3. The molecule has 16 amide bonds. The Hall–Kier alpha value is -12.0. The summed E-state index contributed by atoms with van der Waals surface area (Å²) in [7, 11) is 0. The van der Waals surface area contributed by atoms with Crippen molar-refractivity contribution in [3.63, 3.8) is 0 Å². The van der Waals surface area contributed by atoms with E-state index in [-0.39, 0.29) is 120 Å². The zero-order chi connectivity index (χ0) is 94.5. The number of aliphatic hydroxyl groups is 2. The second-order valence-corrected chi connectivity index (χ2v) is 31.4. The maximum absolute atomic E-state index is 14.6. The van der Waals surface area contributed by atoms with Gasteiger partial charge in [0.1, 0.15) is 90.3 Å². The molecule has 0 bridgehead atoms. The number of primary amides is 1. The molecular weight excluding hydrogens is 1700 g/mol. The molecule has 3 aliphatic rings. The molecule has 5 rings (SSSR count). The Bertz CT molecular complexity index is 4160. The standard InChI is InChI=1S/C74H115N23O23S2.C2H4O2/c1-35(2)56(69(115)84-42(12-6-7-21-75)61(107)85-43(73(119)120)13-8-22-81-74(78)79)92-68(114)52-16-10-24-96(52)71(117)49(33-122)91-63(109)47(29-55(103)104)87-62(108)45(27-40-30-80-34-83-40)89-70(116)57(37(4)98)93-64(110)44(26-39-17-19-41(100)20-18-39)88-66(112)50-14-9-23-95(50)54(102)31-82-60(106)48(32-121)90-67(113)51-15-11-25-97(51)72(118)58(38(5)99)94-65(111)46(28-53(77)101)86-59(105)36(3)76;1-2(3)4/h17-20,30,34-38,42-52,56-58,98-100,121-122H,6-16,21-29,31-33,75-76H2,1-5H3,(H2,77,101)(H,80,83)(H,82,106)(H,84,115)(H,85,107)(H,86,105)(H,87,108)(H,88,112)(H,89,116)(H,90,113)(H,91,109)(H,92,114)(H,93,110)(H,94,111)(H,103,104)(H,119,120)(H4,78,79,81);1H3,(H,3,4). The van der Waals surface area contributed by atoms with Gasteiger partial charge in [-0.15, -0.1) is 0 Å². The molecule has 1 aromatic heterocycles. The van der Waals surface area contributed by atoms with Crippen molar-refractivity contribution in [2.75, 3.05) is 50.8 Å². The zero-order valence-corrected chi connectivity index (χ0v) is 72.4. The van der Waals surface area contributed by atoms with Gasteiger partial charge in [0.2, 0.25) is 94.5 Å². The molecule has 2 aromatic rings. The first kappa shape index (κ1) is 106. The number of amides is 16. The van der Waals surface area contributed by atoms with Gasteiger partial charge < -0.3 is 143 Å². The predicted molar refractivity (Wildman–Crippen MR) is 452 cm³/mol. The molecule has 1 aromatic carbocycles. The molecule has 4 heterocycles. The summed E-state index contributed by atoms with van der Waals surface area (Å²) >= 11 is 8.51. The van der Waals surface area contributed by atoms with E-state index in [0.717, 1.165) is 28.5 Å². The van der Waals surface area contributed by atoms with Gasteiger partial charge in [0, 0.05) is 69.3 Å². The molecule has 50 heteroatoms. The van der Waals surface area contributed by atoms with Crippen LogP contribution in [-0.4, -0.2) is 327 Å². The number of carbonyl (C=O) groups is 19. The Morgan fingerprint density at radius 3 is 1.48 bits per heavy atom. The van der Waals surface area contributed by atoms with Crippen LogP contribution >= 0.6 is 25.3 Å². The highest BCUT2D eigenvalue weighted by molar-refractivity contribution is 7.80. The second-order valence-electron chi connectivity index (χ2n) is 30.7. The van der Waals surface area contributed by atoms with Crippen LogP contribution in [0.15, 0.2) is 41.8 Å². The van der Waals surface area contributed by atoms with Gasteiger partial charge in [-0.05, 0) is 122 Å². The number of carboxylic acid groups (broad SMARTS) is 3. The van der Waals surface area contributed by atoms with Gasteiger partial charge >= 0.3 is 11.9 Å². The number of carbonyl (C=O) groups excluding carboxylic acids is 16. The molecule has 0 spiro atoms. The van der Waals surface area contributed by atoms with Gasteiger partial charge in [0.25, 0.3) is 5.97 Å². The minimum atomic E-state index is -2.03. The van der Waals surface area contributed by atoms with Crippen LogP contribution in [0.4, 0.5) is 0 Å². The minimum Gasteiger partial charge on any atom is -0.508 e. The molecule has 126 heavy (non-hydrogen) atoms. The van der Waals surface area contributed by atoms with Crippen molar-refractivity contribution in [3.8, 4) is 5.75 Å². The number of aromatic nitrogens is 2. The third kappa shape index (κ3) is 34.5. The molecule has 17 atom stereocenters. The van der Waals surface area contributed by atoms with Crippen LogP contribution in [0, 0.1) is 5.92 Å². The monoisotopic (exact) mass is 1820 g/mol. The van der Waals surface area contributed by atoms with Crippen molar-refractivity contribution in [3.05, 3.63) is 48.0 Å². The van der Waals surface area contributed by atoms with Crippen LogP contribution in [0.2, 0.25) is 0 Å². The van der Waals surface area contributed by atoms with Crippen LogP contribution in [-0.2, 0) is 104 Å². The fourth-order valence-corrected chi connectivity index (χ4v) is 14.1. The molecule has 0 saturated carbocycles. The summed E-state index contributed by atoms with van der Waals surface area (Å²) in [6, 6.07) is -17.5. The van der Waals surface area contributed by atoms with E-state index in [1.165, 1.54) is 50.6 Å². The third-order valence-electron chi connectivity index (χ3n) is 20.2. The number of likely N-dealkylation sites (tertiary alicyclic amines) is 3. The second kappa shape index (κ2) is 52.7. The number of phenols is 1. The summed E-state index contributed by atoms with van der Waals surface area (Å²) in [5, 5.41) is 88.7. The first-order valence-electron chi connectivity index (χ1n) is 40.6. The Morgan fingerprint density at radius 2 is 0.968 bits per heavy atom. The lowest BCUT2D eigenvalue weighted by molar-refractivity contribution is -0.144. The lowest BCUT2D eigenvalue weighted by atomic mass is 10.0. The van der Waals surface area contributed by atoms with Crippen molar-refractivity contribution in [1.82, 2.24) is 88.5 Å². The summed E-state index contributed by atoms with van der Waals surface area (Å²) < 4.78 is 0. The molecular formula is C76H119N23O25S2. The number of nitrogens with two attached hydrogens (primary N) is 5. The number of rotatable bonds is 49. The number of aliphatic imine (C=N–C) groups is 1. The van der Waals surface area contributed by atoms with E-state index < -0.39 is 253 Å². The SMILES string of the molecule is CC(=O)O.CC(N)C(=O)NC(CC(N)=O)C(=O)NC(C(=O)N1CCCC1C(=O)NC(CS)C(=O)NCC(=O)N1CCCC1C(=O)NC(Cc1ccc(O)cc1)C(=O)NC(C(=O)NC(Cc1cnc[nH]1)C(=O)NC(CC(=O)O)C(=O)NC(CS)C(=O)N1CCCC1C(=O)NC(C(=O)NC(CCCCN)C(=O)NC(CCCN=C(N)N)C(=O)O)C(C)C)C(C)O)C(C)O. The fraction of sp³-hybridized carbons (Fsp3) is 0.618. The van der Waals surface area contributed by atoms with Gasteiger partial charge in [-0.2, -0.15) is 25.3 Å². The van der Waals surface area contributed by atoms with Crippen molar-refractivity contribution >= 4 is 144 Å². The van der Waals surface area contributed by atoms with E-state index in [9.17, 15) is 112 Å². The van der Waals surface area contributed by atoms with Gasteiger partial charge in [0.05, 0.1) is 44.0 Å². The smallest absolute Gasteiger partial charge is 0.326 e. The molecule has 3 fully saturated rings. The van der Waals surface area contributed by atoms with E-state index in [4.69, 9.17) is 38.6 Å². The number of thiol groups is 2. The van der Waals surface area contributed by atoms with Gasteiger partial charge in [-0.3, -0.25) is 91.3 Å². The number of carboxylic acids is 3. The van der Waals surface area contributed by atoms with Crippen molar-refractivity contribution in [1.29, 1.82) is 0 Å². The lowest BCUT2D eigenvalue weighted by Crippen LogP contribution is -2.62. The first-order chi connectivity index (χ1) is 59.3. The Labute approximate surface area is 735 Å². The number of aromatic amines is 1. The maximum Gasteiger partial charge on any atom is 0.326 e. The Morgan fingerprint density at radius 1 is 0.516 bits per heavy atom. The quantitative estimate of drug-likeness (QED) is 0.0127. The van der Waals surface area contributed by atoms with Gasteiger partial charge in [-0.25, -0.2) is 9.78 Å². The molecule has 48 nitrogen and oxygen atoms in total. The first-order valence-corrected chi connectivity index (χ1v) is 41.9. The summed E-state index contributed by atoms with van der Waals surface area (Å²) in [6.45, 7) is 7.24. The average Bonchev–Trinajstić information content (AvgIpc) is 1.65. The lowest BCUT2D eigenvalue weighted by Gasteiger charge is -2.31. The number of guanidine groups is 1. The highest BCUT2D eigenvalue weighted by atomic mass is 32.1. The number of aromatic hydroxyl groups is 1. The summed E-state index contributed by atoms with van der Waals surface area (Å²) in [6.07, 6.45) is -1.87. The van der Waals surface area contributed by atoms with Crippen molar-refractivity contribution in [2.45, 2.75) is 241 Å². The van der Waals surface area contributed by atoms with E-state index in [1.54, 1.807) is 13.8 Å². The van der Waals surface area contributed by atoms with E-state index in [1.807, 2.05) is 0 Å². The predicted octanol–water partition coefficient (Wildman–Crippen LogP) is -9.34. The van der Waals surface area contributed by atoms with Gasteiger partial charge in [-0.1, -0.05) is 26.0 Å². The molecule has 29 N–H and O–H groups in total. The summed E-state index contributed by atoms with van der Waals surface area (Å²) in [4.78, 5) is 269. The van der Waals surface area contributed by atoms with Gasteiger partial charge in [0.15, 0.2) is 5.96 Å². The zero-order valence-electron chi connectivity index (χ0n) is 70.6. The minimum absolute atomic E-state index is 0.0201. The normalized spacial score (nSPS) is 18.0. The van der Waals surface area contributed by atoms with Crippen LogP contribution in [0.5, 0.6) is 5.75 Å². The van der Waals surface area contributed by atoms with Crippen LogP contribution in [0.1, 0.15) is 136 Å². The molecule has 0 radical (unpaired) electrons. The Kier molecular flexibility index (Phi) is 44.4. The number of hydrogen-bond donors (Lipinski definition) is 26. The molecule has 3 saturated heterocycles. The van der Waals surface area contributed by atoms with Crippen molar-refractivity contribution < 1.29 is 122 Å². The molecule has 0 aliphatic carbocycles. The number of phenolic OH excluding ortho intramolecular Hbond substituents is 1. The number of hydrogen-bond acceptors (Lipinski definition) is 28. The Balaban J connectivity index is 0.00000813. The third-order valence-corrected chi connectivity index (χ3v) is 20.9. The number of H-pyrrole nitrogens is 1. The topological polar surface area (TPSA) is 771 Å². The summed E-state index contributed by atoms with van der Waals surface area (Å²) in [5.41, 5.74) is 27.8. The van der Waals surface area contributed by atoms with Crippen LogP contribution in [0.3, 0.4) is 0 Å². The number of unbranched alkanes of at least 4 members (excludes halogenated alkanes) is 1.